The SMILES string of the molecule is CCNC(=NCC(C)(C)c1ccc(F)cc1Cl)NCCCOCC1CCOC1. The molecule has 0 saturated carbocycles. The molecular formula is C21H33ClFN3O2. The molecule has 1 aliphatic rings. The minimum absolute atomic E-state index is 0.306. The van der Waals surface area contributed by atoms with Crippen molar-refractivity contribution in [1.82, 2.24) is 10.6 Å². The van der Waals surface area contributed by atoms with E-state index in [0.29, 0.717) is 17.5 Å². The van der Waals surface area contributed by atoms with Gasteiger partial charge in [-0.3, -0.25) is 4.99 Å². The first-order valence-corrected chi connectivity index (χ1v) is 10.4. The number of benzene rings is 1. The summed E-state index contributed by atoms with van der Waals surface area (Å²) in [5.41, 5.74) is 0.582. The third-order valence-corrected chi connectivity index (χ3v) is 5.09. The Morgan fingerprint density at radius 2 is 2.21 bits per heavy atom. The molecule has 1 aliphatic heterocycles. The van der Waals surface area contributed by atoms with E-state index in [1.165, 1.54) is 12.1 Å². The van der Waals surface area contributed by atoms with Crippen LogP contribution in [0, 0.1) is 11.7 Å². The number of halogens is 2. The van der Waals surface area contributed by atoms with Crippen molar-refractivity contribution in [2.75, 3.05) is 46.1 Å². The molecule has 1 atom stereocenters. The summed E-state index contributed by atoms with van der Waals surface area (Å²) in [5.74, 6) is 0.982. The third-order valence-electron chi connectivity index (χ3n) is 4.77. The molecule has 0 bridgehead atoms. The second-order valence-corrected chi connectivity index (χ2v) is 8.20. The van der Waals surface area contributed by atoms with Crippen LogP contribution in [0.4, 0.5) is 4.39 Å². The first kappa shape index (κ1) is 22.9. The number of nitrogens with zero attached hydrogens (tertiary/aromatic N) is 1. The fourth-order valence-corrected chi connectivity index (χ4v) is 3.51. The van der Waals surface area contributed by atoms with Gasteiger partial charge in [0, 0.05) is 42.7 Å². The highest BCUT2D eigenvalue weighted by Crippen LogP contribution is 2.30. The van der Waals surface area contributed by atoms with E-state index in [1.54, 1.807) is 6.07 Å². The molecule has 28 heavy (non-hydrogen) atoms. The van der Waals surface area contributed by atoms with E-state index in [4.69, 9.17) is 26.1 Å². The van der Waals surface area contributed by atoms with Crippen molar-refractivity contribution < 1.29 is 13.9 Å². The number of nitrogens with one attached hydrogen (secondary N) is 2. The molecule has 0 aromatic heterocycles. The molecule has 1 unspecified atom stereocenters. The first-order chi connectivity index (χ1) is 13.4. The molecule has 0 aliphatic carbocycles. The Labute approximate surface area is 173 Å². The summed E-state index contributed by atoms with van der Waals surface area (Å²) < 4.78 is 24.4. The second-order valence-electron chi connectivity index (χ2n) is 7.79. The van der Waals surface area contributed by atoms with Gasteiger partial charge in [-0.25, -0.2) is 4.39 Å². The van der Waals surface area contributed by atoms with Crippen LogP contribution in [0.3, 0.4) is 0 Å². The maximum Gasteiger partial charge on any atom is 0.191 e. The predicted octanol–water partition coefficient (Wildman–Crippen LogP) is 3.76. The van der Waals surface area contributed by atoms with Gasteiger partial charge in [-0.1, -0.05) is 31.5 Å². The molecule has 2 rings (SSSR count). The third kappa shape index (κ3) is 7.57. The highest BCUT2D eigenvalue weighted by atomic mass is 35.5. The van der Waals surface area contributed by atoms with Gasteiger partial charge in [0.05, 0.1) is 19.8 Å². The maximum absolute atomic E-state index is 13.3. The average molecular weight is 414 g/mol. The van der Waals surface area contributed by atoms with E-state index in [9.17, 15) is 4.39 Å². The fourth-order valence-electron chi connectivity index (χ4n) is 3.09. The van der Waals surface area contributed by atoms with Gasteiger partial charge >= 0.3 is 0 Å². The summed E-state index contributed by atoms with van der Waals surface area (Å²) >= 11 is 6.23. The van der Waals surface area contributed by atoms with E-state index in [-0.39, 0.29) is 11.2 Å². The molecule has 5 nitrogen and oxygen atoms in total. The molecule has 0 spiro atoms. The minimum atomic E-state index is -0.328. The summed E-state index contributed by atoms with van der Waals surface area (Å²) in [4.78, 5) is 4.69. The monoisotopic (exact) mass is 413 g/mol. The van der Waals surface area contributed by atoms with Crippen molar-refractivity contribution in [3.05, 3.63) is 34.6 Å². The van der Waals surface area contributed by atoms with E-state index in [1.807, 2.05) is 6.92 Å². The lowest BCUT2D eigenvalue weighted by Gasteiger charge is -2.25. The number of aliphatic imine (C=N–C) groups is 1. The van der Waals surface area contributed by atoms with Crippen LogP contribution in [0.15, 0.2) is 23.2 Å². The van der Waals surface area contributed by atoms with Gasteiger partial charge < -0.3 is 20.1 Å². The van der Waals surface area contributed by atoms with Crippen LogP contribution >= 0.6 is 11.6 Å². The van der Waals surface area contributed by atoms with Crippen molar-refractivity contribution in [2.45, 2.75) is 39.0 Å². The van der Waals surface area contributed by atoms with Gasteiger partial charge in [0.1, 0.15) is 5.82 Å². The molecule has 1 heterocycles. The zero-order chi connectivity index (χ0) is 20.4. The zero-order valence-electron chi connectivity index (χ0n) is 17.2. The van der Waals surface area contributed by atoms with Crippen LogP contribution in [0.5, 0.6) is 0 Å². The van der Waals surface area contributed by atoms with Gasteiger partial charge in [0.25, 0.3) is 0 Å². The van der Waals surface area contributed by atoms with Crippen LogP contribution in [-0.2, 0) is 14.9 Å². The van der Waals surface area contributed by atoms with Crippen molar-refractivity contribution in [3.8, 4) is 0 Å². The summed E-state index contributed by atoms with van der Waals surface area (Å²) in [7, 11) is 0. The van der Waals surface area contributed by atoms with Gasteiger partial charge in [0.15, 0.2) is 5.96 Å². The summed E-state index contributed by atoms with van der Waals surface area (Å²) in [6.07, 6.45) is 2.01. The maximum atomic E-state index is 13.3. The Bertz CT molecular complexity index is 634. The number of rotatable bonds is 10. The Kier molecular flexibility index (Phi) is 9.48. The molecule has 1 saturated heterocycles. The lowest BCUT2D eigenvalue weighted by Crippen LogP contribution is -2.39. The Morgan fingerprint density at radius 3 is 2.89 bits per heavy atom. The minimum Gasteiger partial charge on any atom is -0.381 e. The smallest absolute Gasteiger partial charge is 0.191 e. The van der Waals surface area contributed by atoms with Crippen molar-refractivity contribution >= 4 is 17.6 Å². The number of hydrogen-bond acceptors (Lipinski definition) is 3. The molecule has 1 aromatic carbocycles. The van der Waals surface area contributed by atoms with Gasteiger partial charge in [-0.2, -0.15) is 0 Å². The normalized spacial score (nSPS) is 17.8. The van der Waals surface area contributed by atoms with Gasteiger partial charge in [-0.15, -0.1) is 0 Å². The summed E-state index contributed by atoms with van der Waals surface area (Å²) in [5, 5.41) is 7.03. The molecule has 7 heteroatoms. The van der Waals surface area contributed by atoms with Gasteiger partial charge in [0.2, 0.25) is 0 Å². The molecule has 1 fully saturated rings. The second kappa shape index (κ2) is 11.6. The summed E-state index contributed by atoms with van der Waals surface area (Å²) in [6, 6.07) is 4.53. The lowest BCUT2D eigenvalue weighted by atomic mass is 9.84. The average Bonchev–Trinajstić information content (AvgIpc) is 3.15. The van der Waals surface area contributed by atoms with Crippen molar-refractivity contribution in [1.29, 1.82) is 0 Å². The number of ether oxygens (including phenoxy) is 2. The molecule has 158 valence electrons. The quantitative estimate of drug-likeness (QED) is 0.348. The first-order valence-electron chi connectivity index (χ1n) is 10.1. The highest BCUT2D eigenvalue weighted by Gasteiger charge is 2.23. The van der Waals surface area contributed by atoms with Crippen LogP contribution in [0.25, 0.3) is 0 Å². The molecule has 1 aromatic rings. The Balaban J connectivity index is 1.78. The van der Waals surface area contributed by atoms with Crippen LogP contribution in [0.1, 0.15) is 39.2 Å². The molecule has 0 radical (unpaired) electrons. The van der Waals surface area contributed by atoms with E-state index >= 15 is 0 Å². The van der Waals surface area contributed by atoms with E-state index in [2.05, 4.69) is 24.5 Å². The van der Waals surface area contributed by atoms with Gasteiger partial charge in [-0.05, 0) is 37.5 Å². The summed E-state index contributed by atoms with van der Waals surface area (Å²) in [6.45, 7) is 11.4. The number of guanidine groups is 1. The topological polar surface area (TPSA) is 54.9 Å². The lowest BCUT2D eigenvalue weighted by molar-refractivity contribution is 0.0888. The largest absolute Gasteiger partial charge is 0.381 e. The predicted molar refractivity (Wildman–Crippen MR) is 113 cm³/mol. The molecule has 0 amide bonds. The van der Waals surface area contributed by atoms with Crippen molar-refractivity contribution in [2.24, 2.45) is 10.9 Å². The van der Waals surface area contributed by atoms with E-state index in [0.717, 1.165) is 63.9 Å². The van der Waals surface area contributed by atoms with E-state index < -0.39 is 0 Å². The van der Waals surface area contributed by atoms with Crippen LogP contribution < -0.4 is 10.6 Å². The van der Waals surface area contributed by atoms with Crippen LogP contribution in [-0.4, -0.2) is 52.0 Å². The Morgan fingerprint density at radius 1 is 1.39 bits per heavy atom. The van der Waals surface area contributed by atoms with Crippen molar-refractivity contribution in [3.63, 3.8) is 0 Å². The highest BCUT2D eigenvalue weighted by molar-refractivity contribution is 6.31. The molecular weight excluding hydrogens is 381 g/mol. The zero-order valence-corrected chi connectivity index (χ0v) is 17.9. The number of hydrogen-bond donors (Lipinski definition) is 2. The molecule has 2 N–H and O–H groups in total. The standard InChI is InChI=1S/C21H33ClFN3O2/c1-4-24-20(25-9-5-10-27-13-16-8-11-28-14-16)26-15-21(2,3)18-7-6-17(23)12-19(18)22/h6-7,12,16H,4-5,8-11,13-15H2,1-3H3,(H2,24,25,26). The fraction of sp³-hybridized carbons (Fsp3) is 0.667. The Hall–Kier alpha value is -1.37. The van der Waals surface area contributed by atoms with Crippen LogP contribution in [0.2, 0.25) is 5.02 Å².